The van der Waals surface area contributed by atoms with Crippen LogP contribution in [0, 0.1) is 5.92 Å². The highest BCUT2D eigenvalue weighted by Gasteiger charge is 2.23. The third-order valence-electron chi connectivity index (χ3n) is 6.47. The Labute approximate surface area is 192 Å². The number of rotatable bonds is 9. The average Bonchev–Trinajstić information content (AvgIpc) is 2.83. The van der Waals surface area contributed by atoms with Crippen LogP contribution in [-0.4, -0.2) is 87.7 Å². The van der Waals surface area contributed by atoms with E-state index in [4.69, 9.17) is 15.5 Å². The van der Waals surface area contributed by atoms with E-state index in [9.17, 15) is 4.79 Å². The smallest absolute Gasteiger partial charge is 0.220 e. The number of ether oxygens (including phenoxy) is 1. The van der Waals surface area contributed by atoms with Crippen LogP contribution in [0.5, 0.6) is 5.75 Å². The lowest BCUT2D eigenvalue weighted by Crippen LogP contribution is -2.52. The Morgan fingerprint density at radius 3 is 2.56 bits per heavy atom. The second-order valence-electron chi connectivity index (χ2n) is 8.64. The van der Waals surface area contributed by atoms with E-state index >= 15 is 0 Å². The maximum Gasteiger partial charge on any atom is 0.220 e. The summed E-state index contributed by atoms with van der Waals surface area (Å²) in [5.41, 5.74) is 6.64. The van der Waals surface area contributed by atoms with Gasteiger partial charge in [0.05, 0.1) is 7.11 Å². The van der Waals surface area contributed by atoms with E-state index in [1.54, 1.807) is 7.11 Å². The van der Waals surface area contributed by atoms with Crippen molar-refractivity contribution in [3.8, 4) is 5.75 Å². The molecule has 0 saturated carbocycles. The van der Waals surface area contributed by atoms with Crippen LogP contribution in [0.2, 0.25) is 0 Å². The minimum atomic E-state index is -0.140. The molecule has 2 aliphatic heterocycles. The highest BCUT2D eigenvalue weighted by atomic mass is 16.5. The largest absolute Gasteiger partial charge is 0.497 e. The molecule has 0 bridgehead atoms. The Morgan fingerprint density at radius 2 is 1.91 bits per heavy atom. The van der Waals surface area contributed by atoms with Crippen molar-refractivity contribution in [1.29, 1.82) is 0 Å². The van der Waals surface area contributed by atoms with Crippen molar-refractivity contribution in [2.75, 3.05) is 70.9 Å². The van der Waals surface area contributed by atoms with Gasteiger partial charge in [-0.05, 0) is 64.4 Å². The van der Waals surface area contributed by atoms with Crippen molar-refractivity contribution < 1.29 is 9.53 Å². The molecule has 1 amide bonds. The molecule has 178 valence electrons. The van der Waals surface area contributed by atoms with Gasteiger partial charge in [-0.1, -0.05) is 6.07 Å². The van der Waals surface area contributed by atoms with Gasteiger partial charge in [0.2, 0.25) is 5.91 Å². The van der Waals surface area contributed by atoms with Gasteiger partial charge < -0.3 is 30.5 Å². The molecular weight excluding hydrogens is 404 g/mol. The molecule has 3 rings (SSSR count). The Kier molecular flexibility index (Phi) is 9.46. The number of methoxy groups -OCH3 is 1. The summed E-state index contributed by atoms with van der Waals surface area (Å²) < 4.78 is 5.37. The summed E-state index contributed by atoms with van der Waals surface area (Å²) in [6.07, 6.45) is 4.02. The van der Waals surface area contributed by atoms with Crippen LogP contribution < -0.4 is 20.7 Å². The van der Waals surface area contributed by atoms with Crippen molar-refractivity contribution in [3.05, 3.63) is 24.3 Å². The molecule has 0 unspecified atom stereocenters. The molecule has 8 nitrogen and oxygen atoms in total. The molecule has 2 saturated heterocycles. The van der Waals surface area contributed by atoms with Gasteiger partial charge >= 0.3 is 0 Å². The van der Waals surface area contributed by atoms with Gasteiger partial charge in [0.25, 0.3) is 0 Å². The first-order valence-corrected chi connectivity index (χ1v) is 12.0. The van der Waals surface area contributed by atoms with Crippen LogP contribution >= 0.6 is 0 Å². The summed E-state index contributed by atoms with van der Waals surface area (Å²) in [5.74, 6) is 1.86. The molecule has 0 aliphatic carbocycles. The van der Waals surface area contributed by atoms with Crippen molar-refractivity contribution in [3.63, 3.8) is 0 Å². The molecule has 0 atom stereocenters. The van der Waals surface area contributed by atoms with Gasteiger partial charge in [-0.2, -0.15) is 0 Å². The van der Waals surface area contributed by atoms with Crippen LogP contribution in [0.3, 0.4) is 0 Å². The van der Waals surface area contributed by atoms with Crippen LogP contribution in [0.25, 0.3) is 0 Å². The second-order valence-corrected chi connectivity index (χ2v) is 8.64. The van der Waals surface area contributed by atoms with Crippen LogP contribution in [0.1, 0.15) is 32.6 Å². The number of carbonyl (C=O) groups excluding carboxylic acids is 1. The molecule has 2 fully saturated rings. The van der Waals surface area contributed by atoms with Crippen LogP contribution in [0.4, 0.5) is 5.69 Å². The number of piperazine rings is 1. The fourth-order valence-electron chi connectivity index (χ4n) is 4.48. The SMILES string of the molecule is CCNC(=NCCCCN1CCC(C(N)=O)CC1)N1CCN(c2cccc(OC)c2)CC1. The number of amides is 1. The van der Waals surface area contributed by atoms with Crippen LogP contribution in [0.15, 0.2) is 29.3 Å². The fraction of sp³-hybridized carbons (Fsp3) is 0.667. The molecule has 2 aliphatic rings. The normalized spacial score (nSPS) is 18.6. The number of primary amides is 1. The highest BCUT2D eigenvalue weighted by molar-refractivity contribution is 5.80. The number of anilines is 1. The number of carbonyl (C=O) groups is 1. The van der Waals surface area contributed by atoms with Crippen molar-refractivity contribution in [2.45, 2.75) is 32.6 Å². The number of benzene rings is 1. The third kappa shape index (κ3) is 7.02. The lowest BCUT2D eigenvalue weighted by atomic mass is 9.96. The van der Waals surface area contributed by atoms with Crippen molar-refractivity contribution in [1.82, 2.24) is 15.1 Å². The molecule has 32 heavy (non-hydrogen) atoms. The van der Waals surface area contributed by atoms with E-state index in [1.165, 1.54) is 5.69 Å². The lowest BCUT2D eigenvalue weighted by molar-refractivity contribution is -0.123. The quantitative estimate of drug-likeness (QED) is 0.343. The number of hydrogen-bond acceptors (Lipinski definition) is 5. The number of nitrogens with one attached hydrogen (secondary N) is 1. The molecule has 0 aromatic heterocycles. The molecule has 1 aromatic rings. The zero-order valence-corrected chi connectivity index (χ0v) is 19.8. The molecule has 0 spiro atoms. The minimum absolute atomic E-state index is 0.0721. The Bertz CT molecular complexity index is 740. The summed E-state index contributed by atoms with van der Waals surface area (Å²) in [4.78, 5) is 23.4. The van der Waals surface area contributed by atoms with E-state index in [2.05, 4.69) is 39.1 Å². The monoisotopic (exact) mass is 444 g/mol. The number of aliphatic imine (C=N–C) groups is 1. The van der Waals surface area contributed by atoms with Crippen LogP contribution in [-0.2, 0) is 4.79 Å². The van der Waals surface area contributed by atoms with Gasteiger partial charge in [0.1, 0.15) is 5.75 Å². The van der Waals surface area contributed by atoms with Gasteiger partial charge in [-0.3, -0.25) is 9.79 Å². The van der Waals surface area contributed by atoms with E-state index in [0.29, 0.717) is 0 Å². The third-order valence-corrected chi connectivity index (χ3v) is 6.47. The maximum atomic E-state index is 11.3. The maximum absolute atomic E-state index is 11.3. The summed E-state index contributed by atoms with van der Waals surface area (Å²) in [6.45, 7) is 10.7. The number of piperidine rings is 1. The number of hydrogen-bond donors (Lipinski definition) is 2. The van der Waals surface area contributed by atoms with Gasteiger partial charge in [-0.25, -0.2) is 0 Å². The molecule has 0 radical (unpaired) electrons. The molecule has 8 heteroatoms. The minimum Gasteiger partial charge on any atom is -0.497 e. The molecule has 1 aromatic carbocycles. The summed E-state index contributed by atoms with van der Waals surface area (Å²) >= 11 is 0. The zero-order chi connectivity index (χ0) is 22.8. The van der Waals surface area contributed by atoms with Gasteiger partial charge in [0, 0.05) is 56.9 Å². The number of guanidine groups is 1. The predicted molar refractivity (Wildman–Crippen MR) is 130 cm³/mol. The fourth-order valence-corrected chi connectivity index (χ4v) is 4.48. The van der Waals surface area contributed by atoms with Gasteiger partial charge in [0.15, 0.2) is 5.96 Å². The number of nitrogens with zero attached hydrogens (tertiary/aromatic N) is 4. The second kappa shape index (κ2) is 12.5. The summed E-state index contributed by atoms with van der Waals surface area (Å²) in [7, 11) is 1.71. The summed E-state index contributed by atoms with van der Waals surface area (Å²) in [5, 5.41) is 3.46. The number of nitrogens with two attached hydrogens (primary N) is 1. The zero-order valence-electron chi connectivity index (χ0n) is 19.8. The Balaban J connectivity index is 1.40. The predicted octanol–water partition coefficient (Wildman–Crippen LogP) is 1.76. The standard InChI is InChI=1S/C24H40N6O2/c1-3-26-24(27-11-4-5-12-28-13-9-20(10-14-28)23(25)31)30-17-15-29(16-18-30)21-7-6-8-22(19-21)32-2/h6-8,19-20H,3-5,9-18H2,1-2H3,(H2,25,31)(H,26,27). The Hall–Kier alpha value is -2.48. The van der Waals surface area contributed by atoms with E-state index in [1.807, 2.05) is 12.1 Å². The van der Waals surface area contributed by atoms with E-state index < -0.39 is 0 Å². The molecular formula is C24H40N6O2. The van der Waals surface area contributed by atoms with E-state index in [0.717, 1.165) is 96.3 Å². The van der Waals surface area contributed by atoms with Crippen molar-refractivity contribution >= 4 is 17.6 Å². The topological polar surface area (TPSA) is 86.4 Å². The lowest BCUT2D eigenvalue weighted by Gasteiger charge is -2.37. The van der Waals surface area contributed by atoms with Gasteiger partial charge in [-0.15, -0.1) is 0 Å². The summed E-state index contributed by atoms with van der Waals surface area (Å²) in [6, 6.07) is 8.28. The first kappa shape index (κ1) is 24.2. The Morgan fingerprint density at radius 1 is 1.16 bits per heavy atom. The number of unbranched alkanes of at least 4 members (excludes halogenated alkanes) is 1. The highest BCUT2D eigenvalue weighted by Crippen LogP contribution is 2.22. The van der Waals surface area contributed by atoms with Crippen molar-refractivity contribution in [2.24, 2.45) is 16.6 Å². The number of likely N-dealkylation sites (tertiary alicyclic amines) is 1. The molecule has 2 heterocycles. The average molecular weight is 445 g/mol. The first-order valence-electron chi connectivity index (χ1n) is 12.0. The van der Waals surface area contributed by atoms with E-state index in [-0.39, 0.29) is 11.8 Å². The molecule has 3 N–H and O–H groups in total. The first-order chi connectivity index (χ1) is 15.6.